The van der Waals surface area contributed by atoms with Crippen molar-refractivity contribution in [3.8, 4) is 5.75 Å². The van der Waals surface area contributed by atoms with Gasteiger partial charge in [-0.3, -0.25) is 4.79 Å². The third-order valence-electron chi connectivity index (χ3n) is 5.77. The number of phenols is 1. The monoisotopic (exact) mass is 286 g/mol. The Morgan fingerprint density at radius 1 is 1.24 bits per heavy atom. The zero-order chi connectivity index (χ0) is 14.6. The van der Waals surface area contributed by atoms with E-state index in [0.717, 1.165) is 29.2 Å². The number of nitrogens with one attached hydrogen (secondary N) is 1. The van der Waals surface area contributed by atoms with Crippen LogP contribution in [0.15, 0.2) is 24.3 Å². The molecule has 3 saturated carbocycles. The molecule has 112 valence electrons. The fourth-order valence-corrected chi connectivity index (χ4v) is 4.77. The first-order valence-corrected chi connectivity index (χ1v) is 7.97. The molecule has 4 heteroatoms. The number of fused-ring (bicyclic) bond motifs is 5. The van der Waals surface area contributed by atoms with E-state index >= 15 is 0 Å². The summed E-state index contributed by atoms with van der Waals surface area (Å²) in [5, 5.41) is 12.4. The summed E-state index contributed by atoms with van der Waals surface area (Å²) in [4.78, 5) is 12.2. The number of amides is 1. The molecule has 0 aliphatic heterocycles. The normalized spacial score (nSPS) is 37.1. The summed E-state index contributed by atoms with van der Waals surface area (Å²) in [7, 11) is 0. The van der Waals surface area contributed by atoms with Crippen LogP contribution >= 0.6 is 0 Å². The van der Waals surface area contributed by atoms with Crippen LogP contribution in [0, 0.1) is 23.7 Å². The van der Waals surface area contributed by atoms with Crippen LogP contribution in [0.25, 0.3) is 0 Å². The fourth-order valence-electron chi connectivity index (χ4n) is 4.77. The Kier molecular flexibility index (Phi) is 2.96. The van der Waals surface area contributed by atoms with Crippen LogP contribution in [0.4, 0.5) is 0 Å². The summed E-state index contributed by atoms with van der Waals surface area (Å²) in [6.45, 7) is 0. The predicted molar refractivity (Wildman–Crippen MR) is 79.5 cm³/mol. The van der Waals surface area contributed by atoms with E-state index in [1.54, 1.807) is 12.1 Å². The van der Waals surface area contributed by atoms with Crippen molar-refractivity contribution < 1.29 is 9.90 Å². The first-order chi connectivity index (χ1) is 10.1. The highest BCUT2D eigenvalue weighted by molar-refractivity contribution is 5.82. The van der Waals surface area contributed by atoms with Crippen LogP contribution in [0.3, 0.4) is 0 Å². The average Bonchev–Trinajstić information content (AvgIpc) is 2.86. The van der Waals surface area contributed by atoms with Gasteiger partial charge < -0.3 is 16.2 Å². The third-order valence-corrected chi connectivity index (χ3v) is 5.77. The number of hydrogen-bond acceptors (Lipinski definition) is 3. The summed E-state index contributed by atoms with van der Waals surface area (Å²) in [6.07, 6.45) is 4.62. The molecule has 4 N–H and O–H groups in total. The van der Waals surface area contributed by atoms with E-state index in [2.05, 4.69) is 5.32 Å². The molecule has 1 amide bonds. The zero-order valence-electron chi connectivity index (χ0n) is 12.0. The van der Waals surface area contributed by atoms with Gasteiger partial charge in [0.25, 0.3) is 0 Å². The minimum atomic E-state index is -0.506. The number of carbonyl (C=O) groups excluding carboxylic acids is 1. The van der Waals surface area contributed by atoms with Gasteiger partial charge in [0.1, 0.15) is 5.75 Å². The third kappa shape index (κ3) is 2.22. The molecule has 0 saturated heterocycles. The number of aromatic hydroxyl groups is 1. The summed E-state index contributed by atoms with van der Waals surface area (Å²) >= 11 is 0. The Hall–Kier alpha value is -1.55. The molecular weight excluding hydrogens is 264 g/mol. The molecule has 4 nitrogen and oxygen atoms in total. The first kappa shape index (κ1) is 13.1. The molecule has 0 heterocycles. The fraction of sp³-hybridized carbons (Fsp3) is 0.588. The zero-order valence-corrected chi connectivity index (χ0v) is 12.0. The number of rotatable bonds is 4. The van der Waals surface area contributed by atoms with Gasteiger partial charge in [-0.25, -0.2) is 0 Å². The van der Waals surface area contributed by atoms with Crippen LogP contribution in [0.1, 0.15) is 24.8 Å². The smallest absolute Gasteiger partial charge is 0.237 e. The lowest BCUT2D eigenvalue weighted by Gasteiger charge is -2.15. The highest BCUT2D eigenvalue weighted by atomic mass is 16.3. The van der Waals surface area contributed by atoms with Crippen molar-refractivity contribution in [3.63, 3.8) is 0 Å². The van der Waals surface area contributed by atoms with Crippen LogP contribution in [-0.4, -0.2) is 23.1 Å². The van der Waals surface area contributed by atoms with Gasteiger partial charge in [0.2, 0.25) is 5.91 Å². The van der Waals surface area contributed by atoms with Gasteiger partial charge in [-0.15, -0.1) is 0 Å². The maximum absolute atomic E-state index is 12.2. The second kappa shape index (κ2) is 4.73. The summed E-state index contributed by atoms with van der Waals surface area (Å²) < 4.78 is 0. The Labute approximate surface area is 124 Å². The second-order valence-corrected chi connectivity index (χ2v) is 7.00. The van der Waals surface area contributed by atoms with E-state index in [1.807, 2.05) is 12.1 Å². The molecule has 0 spiro atoms. The molecule has 21 heavy (non-hydrogen) atoms. The molecule has 0 radical (unpaired) electrons. The standard InChI is InChI=1S/C17H22N2O2/c18-13(7-9-1-5-12(20)6-2-9)17(21)19-16-14-10-3-4-11(8-10)15(14)16/h1-2,5-6,10-11,13-16,20H,3-4,7-8,18H2,(H,19,21). The van der Waals surface area contributed by atoms with Gasteiger partial charge in [-0.1, -0.05) is 12.1 Å². The Bertz CT molecular complexity index is 540. The largest absolute Gasteiger partial charge is 0.508 e. The molecule has 5 unspecified atom stereocenters. The number of hydrogen-bond donors (Lipinski definition) is 3. The van der Waals surface area contributed by atoms with E-state index in [1.165, 1.54) is 19.3 Å². The van der Waals surface area contributed by atoms with E-state index in [9.17, 15) is 9.90 Å². The van der Waals surface area contributed by atoms with Crippen molar-refractivity contribution in [3.05, 3.63) is 29.8 Å². The van der Waals surface area contributed by atoms with Crippen molar-refractivity contribution >= 4 is 5.91 Å². The quantitative estimate of drug-likeness (QED) is 0.783. The number of benzene rings is 1. The number of nitrogens with two attached hydrogens (primary N) is 1. The highest BCUT2D eigenvalue weighted by Gasteiger charge is 2.65. The van der Waals surface area contributed by atoms with Gasteiger partial charge >= 0.3 is 0 Å². The van der Waals surface area contributed by atoms with E-state index in [0.29, 0.717) is 12.5 Å². The lowest BCUT2D eigenvalue weighted by molar-refractivity contribution is -0.122. The van der Waals surface area contributed by atoms with Crippen molar-refractivity contribution in [2.24, 2.45) is 29.4 Å². The molecule has 4 rings (SSSR count). The lowest BCUT2D eigenvalue weighted by atomic mass is 10.0. The van der Waals surface area contributed by atoms with Gasteiger partial charge in [0.05, 0.1) is 6.04 Å². The molecule has 5 atom stereocenters. The van der Waals surface area contributed by atoms with Crippen LogP contribution in [0.5, 0.6) is 5.75 Å². The van der Waals surface area contributed by atoms with Gasteiger partial charge in [-0.2, -0.15) is 0 Å². The van der Waals surface area contributed by atoms with E-state index in [-0.39, 0.29) is 11.7 Å². The van der Waals surface area contributed by atoms with Crippen molar-refractivity contribution in [2.75, 3.05) is 0 Å². The number of carbonyl (C=O) groups is 1. The van der Waals surface area contributed by atoms with E-state index < -0.39 is 6.04 Å². The average molecular weight is 286 g/mol. The summed E-state index contributed by atoms with van der Waals surface area (Å²) in [5.41, 5.74) is 7.00. The minimum Gasteiger partial charge on any atom is -0.508 e. The Balaban J connectivity index is 1.32. The molecule has 3 fully saturated rings. The van der Waals surface area contributed by atoms with Crippen molar-refractivity contribution in [1.82, 2.24) is 5.32 Å². The summed E-state index contributed by atoms with van der Waals surface area (Å²) in [6, 6.07) is 6.78. The van der Waals surface area contributed by atoms with Crippen molar-refractivity contribution in [1.29, 1.82) is 0 Å². The molecule has 2 bridgehead atoms. The molecule has 0 aromatic heterocycles. The van der Waals surface area contributed by atoms with Gasteiger partial charge in [-0.05, 0) is 67.1 Å². The minimum absolute atomic E-state index is 0.0260. The molecule has 3 aliphatic rings. The van der Waals surface area contributed by atoms with Gasteiger partial charge in [0, 0.05) is 6.04 Å². The molecule has 1 aromatic rings. The Morgan fingerprint density at radius 2 is 1.86 bits per heavy atom. The maximum atomic E-state index is 12.2. The lowest BCUT2D eigenvalue weighted by Crippen LogP contribution is -2.44. The van der Waals surface area contributed by atoms with Crippen molar-refractivity contribution in [2.45, 2.75) is 37.8 Å². The maximum Gasteiger partial charge on any atom is 0.237 e. The Morgan fingerprint density at radius 3 is 2.48 bits per heavy atom. The highest BCUT2D eigenvalue weighted by Crippen LogP contribution is 2.65. The SMILES string of the molecule is NC(Cc1ccc(O)cc1)C(=O)NC1C2C3CCC(C3)C12. The topological polar surface area (TPSA) is 75.3 Å². The molecule has 1 aromatic carbocycles. The molecule has 3 aliphatic carbocycles. The van der Waals surface area contributed by atoms with E-state index in [4.69, 9.17) is 5.73 Å². The van der Waals surface area contributed by atoms with Crippen LogP contribution in [0.2, 0.25) is 0 Å². The van der Waals surface area contributed by atoms with Crippen LogP contribution < -0.4 is 11.1 Å². The summed E-state index contributed by atoms with van der Waals surface area (Å²) in [5.74, 6) is 3.42. The number of phenolic OH excluding ortho intramolecular Hbond substituents is 1. The predicted octanol–water partition coefficient (Wildman–Crippen LogP) is 1.42. The molecular formula is C17H22N2O2. The van der Waals surface area contributed by atoms with Crippen LogP contribution in [-0.2, 0) is 11.2 Å². The van der Waals surface area contributed by atoms with Gasteiger partial charge in [0.15, 0.2) is 0 Å². The first-order valence-electron chi connectivity index (χ1n) is 7.97. The second-order valence-electron chi connectivity index (χ2n) is 7.00.